The number of methoxy groups -OCH3 is 1. The summed E-state index contributed by atoms with van der Waals surface area (Å²) in [6.07, 6.45) is 0.300. The van der Waals surface area contributed by atoms with Crippen LogP contribution in [0.25, 0.3) is 0 Å². The van der Waals surface area contributed by atoms with Crippen molar-refractivity contribution in [3.05, 3.63) is 0 Å². The van der Waals surface area contributed by atoms with Gasteiger partial charge in [0.05, 0.1) is 20.3 Å². The van der Waals surface area contributed by atoms with E-state index in [4.69, 9.17) is 9.47 Å². The average molecular weight is 170 g/mol. The van der Waals surface area contributed by atoms with Crippen molar-refractivity contribution in [2.24, 2.45) is 0 Å². The zero-order chi connectivity index (χ0) is 8.81. The van der Waals surface area contributed by atoms with Crippen molar-refractivity contribution < 1.29 is 19.0 Å². The number of rotatable bonds is 0. The molecule has 4 heteroatoms. The van der Waals surface area contributed by atoms with Gasteiger partial charge in [0.1, 0.15) is 0 Å². The molecule has 1 fully saturated rings. The third-order valence-corrected chi connectivity index (χ3v) is 1.30. The summed E-state index contributed by atoms with van der Waals surface area (Å²) in [4.78, 5) is 10.5. The van der Waals surface area contributed by atoms with Gasteiger partial charge in [0, 0.05) is 5.92 Å². The summed E-state index contributed by atoms with van der Waals surface area (Å²) in [6.45, 7) is 1.25. The molecule has 12 heavy (non-hydrogen) atoms. The van der Waals surface area contributed by atoms with Crippen LogP contribution in [0.3, 0.4) is 0 Å². The fourth-order valence-corrected chi connectivity index (χ4v) is 0.740. The molecular weight excluding hydrogens is 160 g/mol. The minimum absolute atomic E-state index is 0.571. The summed E-state index contributed by atoms with van der Waals surface area (Å²) in [6, 6.07) is 0. The Hall–Kier alpha value is -1.05. The zero-order valence-corrected chi connectivity index (χ0v) is 6.83. The molecule has 0 radical (unpaired) electrons. The van der Waals surface area contributed by atoms with Crippen LogP contribution in [0.2, 0.25) is 0 Å². The van der Waals surface area contributed by atoms with E-state index < -0.39 is 12.3 Å². The summed E-state index contributed by atoms with van der Waals surface area (Å²) < 4.78 is 14.5. The molecule has 66 valence electrons. The predicted molar refractivity (Wildman–Crippen MR) is 40.1 cm³/mol. The van der Waals surface area contributed by atoms with Crippen molar-refractivity contribution in [3.8, 4) is 11.8 Å². The van der Waals surface area contributed by atoms with Crippen LogP contribution in [-0.2, 0) is 19.0 Å². The van der Waals surface area contributed by atoms with Crippen LogP contribution in [-0.4, -0.2) is 32.6 Å². The highest BCUT2D eigenvalue weighted by molar-refractivity contribution is 5.88. The van der Waals surface area contributed by atoms with E-state index in [0.29, 0.717) is 13.2 Å². The van der Waals surface area contributed by atoms with Crippen molar-refractivity contribution in [2.75, 3.05) is 20.3 Å². The standard InChI is InChI=1S/C8H10O4/c1-10-7(9)3-4-8-11-5-2-6-12-8/h8H,2,5-6H2,1H3. The van der Waals surface area contributed by atoms with Crippen molar-refractivity contribution in [1.82, 2.24) is 0 Å². The lowest BCUT2D eigenvalue weighted by atomic mass is 10.4. The van der Waals surface area contributed by atoms with Crippen molar-refractivity contribution in [3.63, 3.8) is 0 Å². The third kappa shape index (κ3) is 2.91. The number of carbonyl (C=O) groups excluding carboxylic acids is 1. The molecule has 0 unspecified atom stereocenters. The van der Waals surface area contributed by atoms with E-state index in [1.807, 2.05) is 0 Å². The van der Waals surface area contributed by atoms with E-state index in [1.165, 1.54) is 7.11 Å². The summed E-state index contributed by atoms with van der Waals surface area (Å²) in [5.41, 5.74) is 0. The molecule has 1 aliphatic heterocycles. The summed E-state index contributed by atoms with van der Waals surface area (Å²) in [5, 5.41) is 0. The molecule has 0 bridgehead atoms. The zero-order valence-electron chi connectivity index (χ0n) is 6.83. The van der Waals surface area contributed by atoms with Crippen molar-refractivity contribution in [1.29, 1.82) is 0 Å². The molecule has 4 nitrogen and oxygen atoms in total. The van der Waals surface area contributed by atoms with Gasteiger partial charge in [-0.25, -0.2) is 4.79 Å². The predicted octanol–water partition coefficient (Wildman–Crippen LogP) is -0.0742. The summed E-state index contributed by atoms with van der Waals surface area (Å²) in [5.74, 6) is 4.17. The fourth-order valence-electron chi connectivity index (χ4n) is 0.740. The molecule has 1 aliphatic rings. The molecule has 1 saturated heterocycles. The first-order chi connectivity index (χ1) is 5.83. The largest absolute Gasteiger partial charge is 0.459 e. The quantitative estimate of drug-likeness (QED) is 0.290. The SMILES string of the molecule is COC(=O)C#CC1OCCCO1. The highest BCUT2D eigenvalue weighted by atomic mass is 16.7. The molecule has 0 aromatic heterocycles. The molecule has 1 rings (SSSR count). The number of carbonyl (C=O) groups is 1. The van der Waals surface area contributed by atoms with Crippen LogP contribution < -0.4 is 0 Å². The Kier molecular flexibility index (Phi) is 3.58. The maximum absolute atomic E-state index is 10.5. The minimum Gasteiger partial charge on any atom is -0.459 e. The molecule has 0 aliphatic carbocycles. The second kappa shape index (κ2) is 4.75. The van der Waals surface area contributed by atoms with Crippen LogP contribution in [0.1, 0.15) is 6.42 Å². The van der Waals surface area contributed by atoms with Gasteiger partial charge in [0.2, 0.25) is 6.29 Å². The Morgan fingerprint density at radius 3 is 2.75 bits per heavy atom. The fraction of sp³-hybridized carbons (Fsp3) is 0.625. The van der Waals surface area contributed by atoms with Gasteiger partial charge in [-0.05, 0) is 12.3 Å². The maximum Gasteiger partial charge on any atom is 0.384 e. The second-order valence-corrected chi connectivity index (χ2v) is 2.19. The van der Waals surface area contributed by atoms with E-state index in [-0.39, 0.29) is 0 Å². The Morgan fingerprint density at radius 2 is 2.17 bits per heavy atom. The second-order valence-electron chi connectivity index (χ2n) is 2.19. The third-order valence-electron chi connectivity index (χ3n) is 1.30. The topological polar surface area (TPSA) is 44.8 Å². The lowest BCUT2D eigenvalue weighted by Gasteiger charge is -2.17. The van der Waals surface area contributed by atoms with Gasteiger partial charge in [0.15, 0.2) is 0 Å². The highest BCUT2D eigenvalue weighted by Crippen LogP contribution is 2.02. The molecule has 0 spiro atoms. The van der Waals surface area contributed by atoms with Crippen LogP contribution in [0.5, 0.6) is 0 Å². The summed E-state index contributed by atoms with van der Waals surface area (Å²) in [7, 11) is 1.28. The molecule has 0 aromatic rings. The molecule has 1 heterocycles. The van der Waals surface area contributed by atoms with Crippen molar-refractivity contribution in [2.45, 2.75) is 12.7 Å². The first-order valence-electron chi connectivity index (χ1n) is 3.65. The van der Waals surface area contributed by atoms with Crippen LogP contribution in [0.4, 0.5) is 0 Å². The van der Waals surface area contributed by atoms with Gasteiger partial charge in [-0.1, -0.05) is 0 Å². The monoisotopic (exact) mass is 170 g/mol. The molecule has 0 atom stereocenters. The van der Waals surface area contributed by atoms with Crippen LogP contribution in [0, 0.1) is 11.8 Å². The molecule has 0 aromatic carbocycles. The van der Waals surface area contributed by atoms with Gasteiger partial charge in [-0.15, -0.1) is 0 Å². The molecular formula is C8H10O4. The maximum atomic E-state index is 10.5. The van der Waals surface area contributed by atoms with Crippen LogP contribution in [0.15, 0.2) is 0 Å². The normalized spacial score (nSPS) is 17.8. The van der Waals surface area contributed by atoms with Crippen molar-refractivity contribution >= 4 is 5.97 Å². The summed E-state index contributed by atoms with van der Waals surface area (Å²) >= 11 is 0. The molecule has 0 N–H and O–H groups in total. The lowest BCUT2D eigenvalue weighted by Crippen LogP contribution is -2.23. The smallest absolute Gasteiger partial charge is 0.384 e. The van der Waals surface area contributed by atoms with Gasteiger partial charge in [-0.3, -0.25) is 0 Å². The van der Waals surface area contributed by atoms with E-state index >= 15 is 0 Å². The Balaban J connectivity index is 2.35. The Labute approximate surface area is 70.8 Å². The molecule has 0 saturated carbocycles. The number of hydrogen-bond donors (Lipinski definition) is 0. The van der Waals surface area contributed by atoms with E-state index in [1.54, 1.807) is 0 Å². The average Bonchev–Trinajstić information content (AvgIpc) is 2.16. The van der Waals surface area contributed by atoms with Gasteiger partial charge in [-0.2, -0.15) is 0 Å². The van der Waals surface area contributed by atoms with Gasteiger partial charge < -0.3 is 14.2 Å². The Morgan fingerprint density at radius 1 is 1.50 bits per heavy atom. The number of esters is 1. The minimum atomic E-state index is -0.576. The van der Waals surface area contributed by atoms with E-state index in [2.05, 4.69) is 16.6 Å². The van der Waals surface area contributed by atoms with Crippen LogP contribution >= 0.6 is 0 Å². The molecule has 0 amide bonds. The first kappa shape index (κ1) is 9.04. The lowest BCUT2D eigenvalue weighted by molar-refractivity contribution is -0.144. The van der Waals surface area contributed by atoms with E-state index in [9.17, 15) is 4.79 Å². The Bertz CT molecular complexity index is 207. The van der Waals surface area contributed by atoms with Gasteiger partial charge >= 0.3 is 5.97 Å². The van der Waals surface area contributed by atoms with Gasteiger partial charge in [0.25, 0.3) is 0 Å². The van der Waals surface area contributed by atoms with E-state index in [0.717, 1.165) is 6.42 Å². The number of hydrogen-bond acceptors (Lipinski definition) is 4. The highest BCUT2D eigenvalue weighted by Gasteiger charge is 2.10. The first-order valence-corrected chi connectivity index (χ1v) is 3.65. The number of ether oxygens (including phenoxy) is 3.